The molecule has 2 heteroatoms. The van der Waals surface area contributed by atoms with Gasteiger partial charge in [-0.05, 0) is 71.5 Å². The summed E-state index contributed by atoms with van der Waals surface area (Å²) in [6.45, 7) is 12.6. The summed E-state index contributed by atoms with van der Waals surface area (Å²) in [4.78, 5) is 0. The first-order chi connectivity index (χ1) is 21.2. The number of nitrogens with two attached hydrogens (primary N) is 1. The Morgan fingerprint density at radius 1 is 0.558 bits per heavy atom. The van der Waals surface area contributed by atoms with Gasteiger partial charge in [0, 0.05) is 27.6 Å². The molecule has 4 aromatic carbocycles. The molecule has 0 aliphatic heterocycles. The Balaban J connectivity index is 0.00000102. The van der Waals surface area contributed by atoms with Gasteiger partial charge in [0.25, 0.3) is 0 Å². The average Bonchev–Trinajstić information content (AvgIpc) is 3.53. The molecule has 0 fully saturated rings. The highest BCUT2D eigenvalue weighted by molar-refractivity contribution is 6.09. The van der Waals surface area contributed by atoms with Gasteiger partial charge in [0.05, 0.1) is 11.0 Å². The summed E-state index contributed by atoms with van der Waals surface area (Å²) >= 11 is 0. The Labute approximate surface area is 261 Å². The number of unbranched alkanes of at least 4 members (excludes halogenated alkanes) is 6. The van der Waals surface area contributed by atoms with Crippen LogP contribution in [0.25, 0.3) is 38.6 Å². The highest BCUT2D eigenvalue weighted by atomic mass is 15.0. The number of benzene rings is 4. The third kappa shape index (κ3) is 6.26. The monoisotopic (exact) mass is 574 g/mol. The Kier molecular flexibility index (Phi) is 11.5. The summed E-state index contributed by atoms with van der Waals surface area (Å²) in [7, 11) is 0. The summed E-state index contributed by atoms with van der Waals surface area (Å²) in [5, 5.41) is 2.63. The van der Waals surface area contributed by atoms with Crippen molar-refractivity contribution in [2.24, 2.45) is 0 Å². The van der Waals surface area contributed by atoms with Crippen molar-refractivity contribution in [3.63, 3.8) is 0 Å². The second-order valence-electron chi connectivity index (χ2n) is 11.6. The minimum absolute atomic E-state index is 0.0241. The van der Waals surface area contributed by atoms with Crippen molar-refractivity contribution in [3.8, 4) is 16.8 Å². The fourth-order valence-electron chi connectivity index (χ4n) is 7.21. The van der Waals surface area contributed by atoms with E-state index in [0.717, 1.165) is 5.69 Å². The quantitative estimate of drug-likeness (QED) is 0.123. The summed E-state index contributed by atoms with van der Waals surface area (Å²) in [6.07, 6.45) is 12.7. The minimum Gasteiger partial charge on any atom is -0.399 e. The smallest absolute Gasteiger partial charge is 0.0541 e. The lowest BCUT2D eigenvalue weighted by molar-refractivity contribution is 0.401. The van der Waals surface area contributed by atoms with Gasteiger partial charge < -0.3 is 10.3 Å². The van der Waals surface area contributed by atoms with Gasteiger partial charge in [-0.2, -0.15) is 0 Å². The molecule has 43 heavy (non-hydrogen) atoms. The lowest BCUT2D eigenvalue weighted by atomic mass is 9.70. The fourth-order valence-corrected chi connectivity index (χ4v) is 7.21. The van der Waals surface area contributed by atoms with E-state index in [2.05, 4.69) is 103 Å². The Bertz CT molecular complexity index is 1540. The second kappa shape index (κ2) is 15.3. The van der Waals surface area contributed by atoms with Gasteiger partial charge in [-0.3, -0.25) is 0 Å². The van der Waals surface area contributed by atoms with Crippen molar-refractivity contribution in [1.29, 1.82) is 0 Å². The molecule has 0 amide bonds. The third-order valence-corrected chi connectivity index (χ3v) is 9.12. The van der Waals surface area contributed by atoms with Crippen molar-refractivity contribution in [3.05, 3.63) is 96.1 Å². The number of hydrogen-bond acceptors (Lipinski definition) is 1. The summed E-state index contributed by atoms with van der Waals surface area (Å²) < 4.78 is 2.47. The van der Waals surface area contributed by atoms with Gasteiger partial charge in [0.1, 0.15) is 0 Å². The number of hydrogen-bond donors (Lipinski definition) is 1. The zero-order valence-corrected chi connectivity index (χ0v) is 27.7. The molecule has 2 N–H and O–H groups in total. The van der Waals surface area contributed by atoms with Gasteiger partial charge in [0.15, 0.2) is 0 Å². The van der Waals surface area contributed by atoms with E-state index in [9.17, 15) is 0 Å². The maximum absolute atomic E-state index is 6.47. The molecule has 0 radical (unpaired) electrons. The number of fused-ring (bicyclic) bond motifs is 6. The molecule has 0 spiro atoms. The zero-order chi connectivity index (χ0) is 30.8. The molecule has 0 bridgehead atoms. The van der Waals surface area contributed by atoms with E-state index in [1.807, 2.05) is 27.7 Å². The van der Waals surface area contributed by atoms with Crippen LogP contribution < -0.4 is 5.73 Å². The summed E-state index contributed by atoms with van der Waals surface area (Å²) in [5.74, 6) is 0. The van der Waals surface area contributed by atoms with Crippen LogP contribution in [-0.4, -0.2) is 4.57 Å². The number of para-hydroxylation sites is 2. The lowest BCUT2D eigenvalue weighted by Gasteiger charge is -2.33. The van der Waals surface area contributed by atoms with E-state index in [4.69, 9.17) is 5.73 Å². The predicted molar refractivity (Wildman–Crippen MR) is 192 cm³/mol. The Hall–Kier alpha value is -3.52. The number of aromatic nitrogens is 1. The molecular weight excluding hydrogens is 520 g/mol. The highest BCUT2D eigenvalue weighted by Gasteiger charge is 2.42. The van der Waals surface area contributed by atoms with Crippen LogP contribution in [0.4, 0.5) is 5.69 Å². The first kappa shape index (κ1) is 32.4. The normalized spacial score (nSPS) is 12.7. The molecule has 1 aliphatic rings. The molecule has 2 nitrogen and oxygen atoms in total. The van der Waals surface area contributed by atoms with Crippen LogP contribution in [0.2, 0.25) is 0 Å². The molecule has 6 rings (SSSR count). The van der Waals surface area contributed by atoms with Crippen LogP contribution in [0.3, 0.4) is 0 Å². The lowest BCUT2D eigenvalue weighted by Crippen LogP contribution is -2.26. The SMILES string of the molecule is CC.CC.CCCCCCC1(CCCCCC)c2cc(N)ccc2-c2ccc(-n3c4ccccc4c4ccccc43)cc21. The molecule has 0 saturated carbocycles. The fraction of sp³-hybridized carbons (Fsp3) is 0.415. The van der Waals surface area contributed by atoms with E-state index in [0.29, 0.717) is 0 Å². The molecule has 0 unspecified atom stereocenters. The van der Waals surface area contributed by atoms with Crippen LogP contribution in [0.15, 0.2) is 84.9 Å². The highest BCUT2D eigenvalue weighted by Crippen LogP contribution is 2.55. The first-order valence-corrected chi connectivity index (χ1v) is 17.2. The van der Waals surface area contributed by atoms with E-state index < -0.39 is 0 Å². The van der Waals surface area contributed by atoms with Crippen molar-refractivity contribution in [1.82, 2.24) is 4.57 Å². The summed E-state index contributed by atoms with van der Waals surface area (Å²) in [6, 6.07) is 31.6. The second-order valence-corrected chi connectivity index (χ2v) is 11.6. The molecule has 1 aromatic heterocycles. The molecule has 1 heterocycles. The first-order valence-electron chi connectivity index (χ1n) is 17.2. The Morgan fingerprint density at radius 2 is 1.05 bits per heavy atom. The van der Waals surface area contributed by atoms with Crippen molar-refractivity contribution in [2.75, 3.05) is 5.73 Å². The van der Waals surface area contributed by atoms with E-state index in [1.54, 1.807) is 0 Å². The average molecular weight is 575 g/mol. The maximum Gasteiger partial charge on any atom is 0.0541 e. The van der Waals surface area contributed by atoms with E-state index in [1.165, 1.54) is 114 Å². The van der Waals surface area contributed by atoms with Crippen molar-refractivity contribution in [2.45, 2.75) is 111 Å². The largest absolute Gasteiger partial charge is 0.399 e. The number of anilines is 1. The number of rotatable bonds is 11. The third-order valence-electron chi connectivity index (χ3n) is 9.12. The van der Waals surface area contributed by atoms with Gasteiger partial charge in [-0.15, -0.1) is 0 Å². The Morgan fingerprint density at radius 3 is 1.58 bits per heavy atom. The van der Waals surface area contributed by atoms with Gasteiger partial charge in [-0.1, -0.05) is 141 Å². The minimum atomic E-state index is 0.0241. The van der Waals surface area contributed by atoms with Crippen molar-refractivity contribution < 1.29 is 0 Å². The van der Waals surface area contributed by atoms with Crippen LogP contribution in [0.5, 0.6) is 0 Å². The standard InChI is InChI=1S/C37H42N2.2C2H6/c1-3-5-7-13-23-37(24-14-8-6-4-2)33-25-27(38)19-21-29(33)30-22-20-28(26-34(30)37)39-35-17-11-9-15-31(35)32-16-10-12-18-36(32)39;2*1-2/h9-12,15-22,25-26H,3-8,13-14,23-24,38H2,1-2H3;2*1-2H3. The van der Waals surface area contributed by atoms with Crippen LogP contribution in [0, 0.1) is 0 Å². The molecule has 0 atom stereocenters. The number of nitrogens with zero attached hydrogens (tertiary/aromatic N) is 1. The van der Waals surface area contributed by atoms with Crippen LogP contribution >= 0.6 is 0 Å². The molecule has 0 saturated heterocycles. The maximum atomic E-state index is 6.47. The molecule has 228 valence electrons. The molecule has 5 aromatic rings. The predicted octanol–water partition coefficient (Wildman–Crippen LogP) is 12.6. The van der Waals surface area contributed by atoms with Gasteiger partial charge in [-0.25, -0.2) is 0 Å². The topological polar surface area (TPSA) is 30.9 Å². The van der Waals surface area contributed by atoms with Crippen LogP contribution in [0.1, 0.15) is 117 Å². The van der Waals surface area contributed by atoms with Gasteiger partial charge in [0.2, 0.25) is 0 Å². The van der Waals surface area contributed by atoms with E-state index in [-0.39, 0.29) is 5.41 Å². The number of nitrogen functional groups attached to an aromatic ring is 1. The van der Waals surface area contributed by atoms with Gasteiger partial charge >= 0.3 is 0 Å². The molecule has 1 aliphatic carbocycles. The summed E-state index contributed by atoms with van der Waals surface area (Å²) in [5.41, 5.74) is 16.9. The molecular formula is C41H54N2. The zero-order valence-electron chi connectivity index (χ0n) is 27.7. The van der Waals surface area contributed by atoms with E-state index >= 15 is 0 Å². The van der Waals surface area contributed by atoms with Crippen molar-refractivity contribution >= 4 is 27.5 Å². The van der Waals surface area contributed by atoms with Crippen LogP contribution in [-0.2, 0) is 5.41 Å².